The van der Waals surface area contributed by atoms with Crippen LogP contribution in [0.15, 0.2) is 18.2 Å². The third kappa shape index (κ3) is 2.26. The van der Waals surface area contributed by atoms with Gasteiger partial charge in [0.2, 0.25) is 5.28 Å². The molecule has 0 bridgehead atoms. The Balaban J connectivity index is 2.86. The van der Waals surface area contributed by atoms with Crippen molar-refractivity contribution >= 4 is 22.5 Å². The minimum atomic E-state index is -4.49. The van der Waals surface area contributed by atoms with Crippen molar-refractivity contribution in [1.29, 1.82) is 0 Å². The zero-order valence-corrected chi connectivity index (χ0v) is 10.0. The smallest absolute Gasteiger partial charge is 0.323 e. The molecule has 1 atom stereocenters. The van der Waals surface area contributed by atoms with Crippen molar-refractivity contribution in [2.45, 2.75) is 19.1 Å². The maximum Gasteiger partial charge on any atom is 0.418 e. The van der Waals surface area contributed by atoms with Gasteiger partial charge in [0, 0.05) is 11.4 Å². The summed E-state index contributed by atoms with van der Waals surface area (Å²) in [6, 6.07) is 3.22. The highest BCUT2D eigenvalue weighted by Gasteiger charge is 2.33. The van der Waals surface area contributed by atoms with Gasteiger partial charge in [0.25, 0.3) is 0 Å². The highest BCUT2D eigenvalue weighted by Crippen LogP contribution is 2.35. The zero-order chi connectivity index (χ0) is 13.5. The van der Waals surface area contributed by atoms with E-state index in [9.17, 15) is 13.2 Å². The van der Waals surface area contributed by atoms with Gasteiger partial charge in [-0.1, -0.05) is 12.1 Å². The predicted octanol–water partition coefficient (Wildman–Crippen LogP) is 3.32. The fourth-order valence-corrected chi connectivity index (χ4v) is 1.90. The van der Waals surface area contributed by atoms with Crippen LogP contribution >= 0.6 is 11.6 Å². The van der Waals surface area contributed by atoms with Gasteiger partial charge in [0.15, 0.2) is 0 Å². The first-order valence-corrected chi connectivity index (χ1v) is 5.47. The quantitative estimate of drug-likeness (QED) is 0.812. The molecule has 0 amide bonds. The molecule has 1 aromatic heterocycles. The number of hydrogen-bond donors (Lipinski definition) is 1. The van der Waals surface area contributed by atoms with Crippen molar-refractivity contribution in [3.8, 4) is 0 Å². The highest BCUT2D eigenvalue weighted by atomic mass is 35.5. The van der Waals surface area contributed by atoms with Crippen LogP contribution in [0.25, 0.3) is 10.9 Å². The van der Waals surface area contributed by atoms with E-state index in [0.29, 0.717) is 5.69 Å². The lowest BCUT2D eigenvalue weighted by atomic mass is 10.1. The van der Waals surface area contributed by atoms with Gasteiger partial charge in [-0.05, 0) is 24.6 Å². The van der Waals surface area contributed by atoms with E-state index in [0.717, 1.165) is 6.07 Å². The number of alkyl halides is 3. The zero-order valence-electron chi connectivity index (χ0n) is 9.29. The lowest BCUT2D eigenvalue weighted by Crippen LogP contribution is -2.12. The lowest BCUT2D eigenvalue weighted by Gasteiger charge is -2.13. The Morgan fingerprint density at radius 3 is 2.50 bits per heavy atom. The summed E-state index contributed by atoms with van der Waals surface area (Å²) in [7, 11) is 0. The van der Waals surface area contributed by atoms with Crippen LogP contribution in [0.4, 0.5) is 13.2 Å². The van der Waals surface area contributed by atoms with Crippen LogP contribution < -0.4 is 5.73 Å². The maximum atomic E-state index is 12.8. The minimum absolute atomic E-state index is 0.225. The third-order valence-electron chi connectivity index (χ3n) is 2.47. The molecule has 0 spiro atoms. The summed E-state index contributed by atoms with van der Waals surface area (Å²) in [5, 5.41) is 0.0238. The molecule has 1 heterocycles. The first kappa shape index (κ1) is 13.0. The van der Waals surface area contributed by atoms with Crippen molar-refractivity contribution in [2.75, 3.05) is 0 Å². The van der Waals surface area contributed by atoms with Crippen molar-refractivity contribution in [2.24, 2.45) is 5.73 Å². The van der Waals surface area contributed by atoms with Gasteiger partial charge in [-0.25, -0.2) is 9.97 Å². The van der Waals surface area contributed by atoms with Gasteiger partial charge in [0.05, 0.1) is 16.8 Å². The molecule has 1 aromatic carbocycles. The average Bonchev–Trinajstić information content (AvgIpc) is 2.25. The summed E-state index contributed by atoms with van der Waals surface area (Å²) in [6.45, 7) is 1.62. The number of fused-ring (bicyclic) bond motifs is 1. The molecule has 1 unspecified atom stereocenters. The number of benzene rings is 1. The van der Waals surface area contributed by atoms with Gasteiger partial charge >= 0.3 is 6.18 Å². The van der Waals surface area contributed by atoms with Crippen LogP contribution in [0.3, 0.4) is 0 Å². The molecule has 0 saturated carbocycles. The second-order valence-corrected chi connectivity index (χ2v) is 4.20. The van der Waals surface area contributed by atoms with E-state index in [1.807, 2.05) is 0 Å². The maximum absolute atomic E-state index is 12.8. The molecule has 0 aliphatic carbocycles. The fourth-order valence-electron chi connectivity index (χ4n) is 1.72. The number of nitrogens with two attached hydrogens (primary N) is 1. The summed E-state index contributed by atoms with van der Waals surface area (Å²) in [4.78, 5) is 7.55. The number of hydrogen-bond acceptors (Lipinski definition) is 3. The summed E-state index contributed by atoms with van der Waals surface area (Å²) in [6.07, 6.45) is -4.49. The Morgan fingerprint density at radius 2 is 1.94 bits per heavy atom. The summed E-state index contributed by atoms with van der Waals surface area (Å²) < 4.78 is 38.5. The molecule has 0 radical (unpaired) electrons. The Bertz CT molecular complexity index is 596. The van der Waals surface area contributed by atoms with Crippen LogP contribution in [0, 0.1) is 0 Å². The molecule has 0 fully saturated rings. The molecular weight excluding hydrogens is 267 g/mol. The molecule has 2 N–H and O–H groups in total. The highest BCUT2D eigenvalue weighted by molar-refractivity contribution is 6.28. The van der Waals surface area contributed by atoms with Gasteiger partial charge < -0.3 is 5.73 Å². The number of para-hydroxylation sites is 1. The largest absolute Gasteiger partial charge is 0.418 e. The molecule has 2 rings (SSSR count). The number of rotatable bonds is 1. The van der Waals surface area contributed by atoms with E-state index < -0.39 is 17.8 Å². The van der Waals surface area contributed by atoms with Gasteiger partial charge in [-0.3, -0.25) is 0 Å². The van der Waals surface area contributed by atoms with Crippen LogP contribution in [-0.2, 0) is 6.18 Å². The Morgan fingerprint density at radius 1 is 1.28 bits per heavy atom. The standard InChI is InChI=1S/C11H9ClF3N3/c1-5(16)8-6-3-2-4-7(11(13,14)15)9(6)18-10(12)17-8/h2-5H,16H2,1H3. The number of halogens is 4. The predicted molar refractivity (Wildman–Crippen MR) is 62.2 cm³/mol. The van der Waals surface area contributed by atoms with Crippen LogP contribution in [-0.4, -0.2) is 9.97 Å². The molecule has 3 nitrogen and oxygen atoms in total. The van der Waals surface area contributed by atoms with E-state index in [1.165, 1.54) is 12.1 Å². The topological polar surface area (TPSA) is 51.8 Å². The molecule has 18 heavy (non-hydrogen) atoms. The minimum Gasteiger partial charge on any atom is -0.323 e. The van der Waals surface area contributed by atoms with E-state index in [2.05, 4.69) is 9.97 Å². The monoisotopic (exact) mass is 275 g/mol. The Kier molecular flexibility index (Phi) is 3.16. The third-order valence-corrected chi connectivity index (χ3v) is 2.63. The van der Waals surface area contributed by atoms with E-state index in [1.54, 1.807) is 6.92 Å². The van der Waals surface area contributed by atoms with Crippen molar-refractivity contribution in [1.82, 2.24) is 9.97 Å². The van der Waals surface area contributed by atoms with Crippen molar-refractivity contribution < 1.29 is 13.2 Å². The molecule has 0 aliphatic rings. The number of aromatic nitrogens is 2. The summed E-state index contributed by atoms with van der Waals surface area (Å²) in [5.74, 6) is 0. The molecule has 7 heteroatoms. The summed E-state index contributed by atoms with van der Waals surface area (Å²) in [5.41, 5.74) is 4.91. The van der Waals surface area contributed by atoms with Crippen LogP contribution in [0.5, 0.6) is 0 Å². The van der Waals surface area contributed by atoms with Crippen molar-refractivity contribution in [3.63, 3.8) is 0 Å². The van der Waals surface area contributed by atoms with Crippen molar-refractivity contribution in [3.05, 3.63) is 34.7 Å². The first-order valence-electron chi connectivity index (χ1n) is 5.09. The summed E-state index contributed by atoms with van der Waals surface area (Å²) >= 11 is 5.64. The second kappa shape index (κ2) is 4.37. The van der Waals surface area contributed by atoms with Gasteiger partial charge in [-0.15, -0.1) is 0 Å². The molecule has 96 valence electrons. The van der Waals surface area contributed by atoms with E-state index >= 15 is 0 Å². The van der Waals surface area contributed by atoms with Crippen LogP contribution in [0.1, 0.15) is 24.2 Å². The lowest BCUT2D eigenvalue weighted by molar-refractivity contribution is -0.136. The Hall–Kier alpha value is -1.40. The molecule has 0 saturated heterocycles. The molecule has 2 aromatic rings. The first-order chi connectivity index (χ1) is 8.30. The Labute approximate surface area is 106 Å². The normalized spacial score (nSPS) is 13.9. The molecule has 0 aliphatic heterocycles. The average molecular weight is 276 g/mol. The van der Waals surface area contributed by atoms with Crippen LogP contribution in [0.2, 0.25) is 5.28 Å². The van der Waals surface area contributed by atoms with Gasteiger partial charge in [-0.2, -0.15) is 13.2 Å². The van der Waals surface area contributed by atoms with Gasteiger partial charge in [0.1, 0.15) is 0 Å². The SMILES string of the molecule is CC(N)c1nc(Cl)nc2c(C(F)(F)F)cccc12. The van der Waals surface area contributed by atoms with E-state index in [4.69, 9.17) is 17.3 Å². The number of nitrogens with zero attached hydrogens (tertiary/aromatic N) is 2. The second-order valence-electron chi connectivity index (χ2n) is 3.87. The van der Waals surface area contributed by atoms with E-state index in [-0.39, 0.29) is 16.2 Å². The molecular formula is C11H9ClF3N3. The fraction of sp³-hybridized carbons (Fsp3) is 0.273.